The maximum absolute atomic E-state index is 13.5. The summed E-state index contributed by atoms with van der Waals surface area (Å²) in [6.07, 6.45) is 0. The number of hydrogen-bond acceptors (Lipinski definition) is 4. The average molecular weight is 347 g/mol. The molecule has 0 aliphatic carbocycles. The number of nitrogens with one attached hydrogen (secondary N) is 1. The van der Waals surface area contributed by atoms with Gasteiger partial charge in [0.15, 0.2) is 0 Å². The molecule has 0 spiro atoms. The quantitative estimate of drug-likeness (QED) is 0.789. The third kappa shape index (κ3) is 3.54. The minimum atomic E-state index is -0.893. The average Bonchev–Trinajstić information content (AvgIpc) is 3.07. The zero-order chi connectivity index (χ0) is 17.1. The van der Waals surface area contributed by atoms with E-state index in [4.69, 9.17) is 0 Å². The molecule has 5 nitrogen and oxygen atoms in total. The SMILES string of the molecule is O=C(Cn1nc(-c2cccs2)ccc1=O)Nc1ccc(F)cc1F. The van der Waals surface area contributed by atoms with Crippen LogP contribution in [0, 0.1) is 11.6 Å². The second kappa shape index (κ2) is 6.71. The molecular formula is C16H11F2N3O2S. The Hall–Kier alpha value is -2.87. The van der Waals surface area contributed by atoms with E-state index in [0.29, 0.717) is 11.8 Å². The number of anilines is 1. The summed E-state index contributed by atoms with van der Waals surface area (Å²) in [5, 5.41) is 8.29. The summed E-state index contributed by atoms with van der Waals surface area (Å²) in [5.74, 6) is -2.28. The van der Waals surface area contributed by atoms with Gasteiger partial charge in [0.1, 0.15) is 23.9 Å². The standard InChI is InChI=1S/C16H11F2N3O2S/c17-10-3-4-12(11(18)8-10)19-15(22)9-21-16(23)6-5-13(20-21)14-2-1-7-24-14/h1-8H,9H2,(H,19,22). The molecule has 0 fully saturated rings. The predicted molar refractivity (Wildman–Crippen MR) is 86.8 cm³/mol. The van der Waals surface area contributed by atoms with Gasteiger partial charge in [-0.2, -0.15) is 5.10 Å². The number of thiophene rings is 1. The van der Waals surface area contributed by atoms with Gasteiger partial charge in [0.25, 0.3) is 5.56 Å². The van der Waals surface area contributed by atoms with Gasteiger partial charge in [0.05, 0.1) is 10.6 Å². The Bertz CT molecular complexity index is 939. The number of carbonyl (C=O) groups excluding carboxylic acids is 1. The molecular weight excluding hydrogens is 336 g/mol. The summed E-state index contributed by atoms with van der Waals surface area (Å²) in [5.41, 5.74) is -0.0562. The molecule has 0 aliphatic heterocycles. The van der Waals surface area contributed by atoms with Gasteiger partial charge < -0.3 is 5.32 Å². The number of nitrogens with zero attached hydrogens (tertiary/aromatic N) is 2. The largest absolute Gasteiger partial charge is 0.322 e. The molecule has 24 heavy (non-hydrogen) atoms. The van der Waals surface area contributed by atoms with Gasteiger partial charge in [0, 0.05) is 12.1 Å². The highest BCUT2D eigenvalue weighted by Crippen LogP contribution is 2.21. The first kappa shape index (κ1) is 16.0. The highest BCUT2D eigenvalue weighted by Gasteiger charge is 2.11. The molecule has 0 aliphatic rings. The summed E-state index contributed by atoms with van der Waals surface area (Å²) >= 11 is 1.45. The van der Waals surface area contributed by atoms with Gasteiger partial charge in [-0.25, -0.2) is 13.5 Å². The first-order valence-electron chi connectivity index (χ1n) is 6.90. The molecule has 8 heteroatoms. The van der Waals surface area contributed by atoms with Crippen molar-refractivity contribution in [3.8, 4) is 10.6 Å². The van der Waals surface area contributed by atoms with Crippen LogP contribution in [-0.2, 0) is 11.3 Å². The fourth-order valence-corrected chi connectivity index (χ4v) is 2.73. The fourth-order valence-electron chi connectivity index (χ4n) is 2.03. The molecule has 1 amide bonds. The van der Waals surface area contributed by atoms with Crippen LogP contribution in [0.4, 0.5) is 14.5 Å². The summed E-state index contributed by atoms with van der Waals surface area (Å²) < 4.78 is 27.4. The van der Waals surface area contributed by atoms with Crippen LogP contribution in [-0.4, -0.2) is 15.7 Å². The molecule has 0 saturated heterocycles. The molecule has 3 rings (SSSR count). The third-order valence-electron chi connectivity index (χ3n) is 3.14. The van der Waals surface area contributed by atoms with Crippen LogP contribution in [0.15, 0.2) is 52.6 Å². The number of hydrogen-bond donors (Lipinski definition) is 1. The van der Waals surface area contributed by atoms with Crippen LogP contribution >= 0.6 is 11.3 Å². The van der Waals surface area contributed by atoms with Crippen molar-refractivity contribution in [1.82, 2.24) is 9.78 Å². The van der Waals surface area contributed by atoms with Gasteiger partial charge in [-0.1, -0.05) is 6.07 Å². The van der Waals surface area contributed by atoms with Gasteiger partial charge in [-0.3, -0.25) is 9.59 Å². The highest BCUT2D eigenvalue weighted by atomic mass is 32.1. The normalized spacial score (nSPS) is 10.6. The van der Waals surface area contributed by atoms with Crippen molar-refractivity contribution in [3.05, 3.63) is 69.8 Å². The number of carbonyl (C=O) groups is 1. The molecule has 2 heterocycles. The summed E-state index contributed by atoms with van der Waals surface area (Å²) in [6.45, 7) is -0.380. The molecule has 0 saturated carbocycles. The van der Waals surface area contributed by atoms with Crippen molar-refractivity contribution >= 4 is 22.9 Å². The van der Waals surface area contributed by atoms with Gasteiger partial charge in [0.2, 0.25) is 5.91 Å². The Morgan fingerprint density at radius 3 is 2.75 bits per heavy atom. The summed E-state index contributed by atoms with van der Waals surface area (Å²) in [6, 6.07) is 9.38. The van der Waals surface area contributed by atoms with E-state index in [0.717, 1.165) is 21.7 Å². The van der Waals surface area contributed by atoms with Gasteiger partial charge in [-0.05, 0) is 29.6 Å². The summed E-state index contributed by atoms with van der Waals surface area (Å²) in [7, 11) is 0. The van der Waals surface area contributed by atoms with E-state index in [1.165, 1.54) is 17.4 Å². The lowest BCUT2D eigenvalue weighted by atomic mass is 10.3. The number of amides is 1. The monoisotopic (exact) mass is 347 g/mol. The van der Waals surface area contributed by atoms with Crippen LogP contribution in [0.25, 0.3) is 10.6 Å². The molecule has 0 unspecified atom stereocenters. The highest BCUT2D eigenvalue weighted by molar-refractivity contribution is 7.13. The Kier molecular flexibility index (Phi) is 4.48. The van der Waals surface area contributed by atoms with Crippen molar-refractivity contribution in [2.24, 2.45) is 0 Å². The molecule has 122 valence electrons. The predicted octanol–water partition coefficient (Wildman–Crippen LogP) is 2.89. The zero-order valence-corrected chi connectivity index (χ0v) is 13.0. The lowest BCUT2D eigenvalue weighted by Crippen LogP contribution is -2.29. The number of benzene rings is 1. The Morgan fingerprint density at radius 2 is 2.04 bits per heavy atom. The third-order valence-corrected chi connectivity index (χ3v) is 4.03. The Morgan fingerprint density at radius 1 is 1.21 bits per heavy atom. The van der Waals surface area contributed by atoms with Gasteiger partial charge >= 0.3 is 0 Å². The van der Waals surface area contributed by atoms with Crippen LogP contribution in [0.3, 0.4) is 0 Å². The van der Waals surface area contributed by atoms with Crippen molar-refractivity contribution in [3.63, 3.8) is 0 Å². The lowest BCUT2D eigenvalue weighted by Gasteiger charge is -2.08. The lowest BCUT2D eigenvalue weighted by molar-refractivity contribution is -0.117. The molecule has 2 aromatic heterocycles. The molecule has 1 aromatic carbocycles. The second-order valence-electron chi connectivity index (χ2n) is 4.86. The second-order valence-corrected chi connectivity index (χ2v) is 5.81. The molecule has 3 aromatic rings. The number of aromatic nitrogens is 2. The summed E-state index contributed by atoms with van der Waals surface area (Å²) in [4.78, 5) is 24.7. The van der Waals surface area contributed by atoms with Crippen molar-refractivity contribution in [1.29, 1.82) is 0 Å². The maximum atomic E-state index is 13.5. The topological polar surface area (TPSA) is 64.0 Å². The van der Waals surface area contributed by atoms with E-state index in [1.54, 1.807) is 6.07 Å². The van der Waals surface area contributed by atoms with Crippen LogP contribution in [0.5, 0.6) is 0 Å². The van der Waals surface area contributed by atoms with Crippen LogP contribution < -0.4 is 10.9 Å². The van der Waals surface area contributed by atoms with E-state index in [2.05, 4.69) is 10.4 Å². The van der Waals surface area contributed by atoms with Crippen LogP contribution in [0.1, 0.15) is 0 Å². The van der Waals surface area contributed by atoms with E-state index in [-0.39, 0.29) is 12.2 Å². The van der Waals surface area contributed by atoms with E-state index >= 15 is 0 Å². The minimum absolute atomic E-state index is 0.163. The minimum Gasteiger partial charge on any atom is -0.322 e. The van der Waals surface area contributed by atoms with Crippen LogP contribution in [0.2, 0.25) is 0 Å². The van der Waals surface area contributed by atoms with E-state index in [9.17, 15) is 18.4 Å². The maximum Gasteiger partial charge on any atom is 0.267 e. The molecule has 1 N–H and O–H groups in total. The van der Waals surface area contributed by atoms with Crippen molar-refractivity contribution in [2.75, 3.05) is 5.32 Å². The smallest absolute Gasteiger partial charge is 0.267 e. The van der Waals surface area contributed by atoms with Crippen molar-refractivity contribution in [2.45, 2.75) is 6.54 Å². The Labute approximate surface area is 139 Å². The zero-order valence-electron chi connectivity index (χ0n) is 12.2. The first-order chi connectivity index (χ1) is 11.5. The molecule has 0 radical (unpaired) electrons. The van der Waals surface area contributed by atoms with Gasteiger partial charge in [-0.15, -0.1) is 11.3 Å². The van der Waals surface area contributed by atoms with E-state index in [1.807, 2.05) is 17.5 Å². The van der Waals surface area contributed by atoms with Crippen molar-refractivity contribution < 1.29 is 13.6 Å². The Balaban J connectivity index is 1.79. The number of halogens is 2. The number of rotatable bonds is 4. The first-order valence-corrected chi connectivity index (χ1v) is 7.78. The molecule has 0 atom stereocenters. The fraction of sp³-hybridized carbons (Fsp3) is 0.0625. The van der Waals surface area contributed by atoms with E-state index < -0.39 is 23.1 Å². The molecule has 0 bridgehead atoms.